The molecule has 2 aromatic heterocycles. The van der Waals surface area contributed by atoms with Gasteiger partial charge in [-0.05, 0) is 45.2 Å². The van der Waals surface area contributed by atoms with Crippen LogP contribution in [0, 0.1) is 19.1 Å². The van der Waals surface area contributed by atoms with E-state index >= 15 is 0 Å². The molecule has 420 valence electrons. The Morgan fingerprint density at radius 3 is 1.71 bits per heavy atom. The molecule has 4 amide bonds. The van der Waals surface area contributed by atoms with Crippen molar-refractivity contribution in [1.82, 2.24) is 45.1 Å². The smallest absolute Gasteiger partial charge is 0.338 e. The van der Waals surface area contributed by atoms with E-state index in [1.54, 1.807) is 48.2 Å². The minimum Gasteiger partial charge on any atom is -0.463 e. The van der Waals surface area contributed by atoms with E-state index in [9.17, 15) is 33.1 Å². The Balaban J connectivity index is 0.000000189. The SMILES string of the molecule is CCOC(=O)C1=C(CBr)NC(c2nccs2)=N[C@H]1c1cccc(F)c1Cl.CCOC(=O)C1=C(CN2CCN3C(=O)N(CCO)CC3C2)NC(c2nccs2)=N[C@H]1c1cccc(F)c1Cl.O=C1N(CCO)CC2CCCCN12.[CH3-]. The van der Waals surface area contributed by atoms with E-state index in [2.05, 4.69) is 46.4 Å². The lowest BCUT2D eigenvalue weighted by atomic mass is 9.95. The Hall–Kier alpha value is -5.60. The fraction of sp³-hybridized carbons (Fsp3) is 0.442. The standard InChI is InChI=1S/C25H28ClFN6O4S.C17H14BrClFN3O2S.C9H16N2O2.CH3/c1-2-37-24(35)19-18(14-31-7-8-33-15(12-31)13-32(9-10-34)25(33)36)29-22(23-28-6-11-38-23)30-21(19)16-4-3-5-17(27)20(16)26;1-2-25-17(24)12-11(8-18)22-15(16-21-6-7-26-16)23-14(12)9-4-3-5-10(20)13(9)19;12-6-5-10-7-8-3-1-2-4-11(8)9(10)13;/h3-6,11,15,21,34H,2,7-10,12-14H2,1H3,(H,29,30);3-7,14H,2,8H2,1H3,(H,22,23);8,12H,1-7H2;1H3/q;;;-1/t15?,21-;14-;;/m00../s1. The maximum absolute atomic E-state index is 14.5. The monoisotopic (exact) mass is 1220 g/mol. The van der Waals surface area contributed by atoms with Gasteiger partial charge in [-0.2, -0.15) is 0 Å². The number of amidine groups is 2. The first-order valence-electron chi connectivity index (χ1n) is 25.1. The number of fused-ring (bicyclic) bond motifs is 2. The molecule has 6 aliphatic heterocycles. The van der Waals surface area contributed by atoms with Crippen LogP contribution in [0.5, 0.6) is 0 Å². The lowest BCUT2D eigenvalue weighted by Gasteiger charge is -2.38. The highest BCUT2D eigenvalue weighted by Gasteiger charge is 2.42. The molecule has 2 aromatic carbocycles. The fourth-order valence-corrected chi connectivity index (χ4v) is 12.0. The second kappa shape index (κ2) is 28.0. The quantitative estimate of drug-likeness (QED) is 0.0526. The number of rotatable bonds is 15. The number of β-amino-alcohol motifs (C(OH)–C–C–N with tert-alkyl or cyclic N) is 2. The van der Waals surface area contributed by atoms with Crippen LogP contribution in [0.2, 0.25) is 10.0 Å². The van der Waals surface area contributed by atoms with Gasteiger partial charge in [0.05, 0.1) is 59.7 Å². The largest absolute Gasteiger partial charge is 0.463 e. The van der Waals surface area contributed by atoms with Crippen molar-refractivity contribution in [3.05, 3.63) is 132 Å². The highest BCUT2D eigenvalue weighted by Crippen LogP contribution is 2.40. The predicted molar refractivity (Wildman–Crippen MR) is 299 cm³/mol. The number of hydrogen-bond acceptors (Lipinski definition) is 17. The molecule has 6 aliphatic rings. The van der Waals surface area contributed by atoms with Gasteiger partial charge in [0.1, 0.15) is 23.7 Å². The zero-order valence-corrected chi connectivity index (χ0v) is 47.9. The normalized spacial score (nSPS) is 21.0. The summed E-state index contributed by atoms with van der Waals surface area (Å²) in [7, 11) is 0. The topological polar surface area (TPSA) is 218 Å². The molecular weight excluding hydrogens is 1160 g/mol. The summed E-state index contributed by atoms with van der Waals surface area (Å²) >= 11 is 18.7. The molecule has 19 nitrogen and oxygen atoms in total. The number of halogens is 5. The van der Waals surface area contributed by atoms with Gasteiger partial charge in [-0.3, -0.25) is 14.9 Å². The first kappa shape index (κ1) is 60.0. The molecule has 8 heterocycles. The molecule has 0 aliphatic carbocycles. The van der Waals surface area contributed by atoms with Crippen molar-refractivity contribution in [2.24, 2.45) is 9.98 Å². The highest BCUT2D eigenvalue weighted by atomic mass is 79.9. The minimum absolute atomic E-state index is 0. The van der Waals surface area contributed by atoms with Crippen LogP contribution in [-0.4, -0.2) is 183 Å². The third-order valence-electron chi connectivity index (χ3n) is 13.4. The van der Waals surface area contributed by atoms with Gasteiger partial charge >= 0.3 is 24.0 Å². The third-order valence-corrected chi connectivity index (χ3v) is 16.3. The predicted octanol–water partition coefficient (Wildman–Crippen LogP) is 7.22. The van der Waals surface area contributed by atoms with Gasteiger partial charge in [0, 0.05) is 110 Å². The van der Waals surface area contributed by atoms with Crippen molar-refractivity contribution in [1.29, 1.82) is 0 Å². The van der Waals surface area contributed by atoms with E-state index < -0.39 is 35.7 Å². The summed E-state index contributed by atoms with van der Waals surface area (Å²) in [5.74, 6) is -1.32. The maximum Gasteiger partial charge on any atom is 0.338 e. The minimum atomic E-state index is -0.901. The van der Waals surface area contributed by atoms with Gasteiger partial charge in [0.15, 0.2) is 21.7 Å². The van der Waals surface area contributed by atoms with Crippen LogP contribution < -0.4 is 10.6 Å². The second-order valence-corrected chi connectivity index (χ2v) is 21.3. The second-order valence-electron chi connectivity index (χ2n) is 18.2. The van der Waals surface area contributed by atoms with Crippen LogP contribution in [0.1, 0.15) is 66.3 Å². The number of urea groups is 2. The number of amides is 4. The summed E-state index contributed by atoms with van der Waals surface area (Å²) in [5, 5.41) is 29.6. The summed E-state index contributed by atoms with van der Waals surface area (Å²) in [6.07, 6.45) is 6.82. The number of hydrogen-bond donors (Lipinski definition) is 4. The number of nitrogens with one attached hydrogen (secondary N) is 2. The van der Waals surface area contributed by atoms with Crippen molar-refractivity contribution >= 4 is 97.5 Å². The number of aromatic nitrogens is 2. The molecule has 4 atom stereocenters. The molecule has 4 N–H and O–H groups in total. The number of thiazole rings is 2. The summed E-state index contributed by atoms with van der Waals surface area (Å²) in [6, 6.07) is 7.64. The van der Waals surface area contributed by atoms with Crippen molar-refractivity contribution in [2.45, 2.75) is 57.3 Å². The van der Waals surface area contributed by atoms with Gasteiger partial charge in [0.2, 0.25) is 0 Å². The highest BCUT2D eigenvalue weighted by molar-refractivity contribution is 9.09. The molecule has 2 unspecified atom stereocenters. The number of aliphatic hydroxyl groups excluding tert-OH is 2. The number of esters is 2. The zero-order valence-electron chi connectivity index (χ0n) is 43.2. The molecule has 4 fully saturated rings. The lowest BCUT2D eigenvalue weighted by molar-refractivity contribution is -0.139. The molecule has 0 saturated carbocycles. The molecule has 0 spiro atoms. The number of carbonyl (C=O) groups excluding carboxylic acids is 4. The Bertz CT molecular complexity index is 2900. The van der Waals surface area contributed by atoms with Crippen molar-refractivity contribution in [3.8, 4) is 0 Å². The van der Waals surface area contributed by atoms with Gasteiger partial charge in [-0.1, -0.05) is 63.4 Å². The van der Waals surface area contributed by atoms with Crippen LogP contribution in [0.25, 0.3) is 0 Å². The molecule has 26 heteroatoms. The van der Waals surface area contributed by atoms with E-state index in [0.717, 1.165) is 25.9 Å². The van der Waals surface area contributed by atoms with Crippen molar-refractivity contribution < 1.29 is 47.6 Å². The Morgan fingerprint density at radius 1 is 0.731 bits per heavy atom. The molecule has 0 radical (unpaired) electrons. The molecule has 0 bridgehead atoms. The van der Waals surface area contributed by atoms with E-state index in [4.69, 9.17) is 42.8 Å². The van der Waals surface area contributed by atoms with Crippen molar-refractivity contribution in [3.63, 3.8) is 0 Å². The van der Waals surface area contributed by atoms with E-state index in [1.165, 1.54) is 53.4 Å². The van der Waals surface area contributed by atoms with Gasteiger partial charge in [-0.25, -0.2) is 37.9 Å². The zero-order chi connectivity index (χ0) is 54.8. The summed E-state index contributed by atoms with van der Waals surface area (Å²) in [6.45, 7) is 8.90. The van der Waals surface area contributed by atoms with Crippen LogP contribution >= 0.6 is 61.8 Å². The molecule has 10 rings (SSSR count). The summed E-state index contributed by atoms with van der Waals surface area (Å²) in [5.41, 5.74) is 2.44. The van der Waals surface area contributed by atoms with Crippen molar-refractivity contribution in [2.75, 3.05) is 90.7 Å². The number of benzene rings is 2. The van der Waals surface area contributed by atoms with Crippen LogP contribution in [-0.2, 0) is 19.1 Å². The molecule has 4 saturated heterocycles. The number of piperidine rings is 1. The van der Waals surface area contributed by atoms with E-state index in [-0.39, 0.29) is 73.1 Å². The van der Waals surface area contributed by atoms with E-state index in [1.807, 2.05) is 20.6 Å². The van der Waals surface area contributed by atoms with Gasteiger partial charge in [-0.15, -0.1) is 22.7 Å². The average Bonchev–Trinajstić information content (AvgIpc) is 4.34. The third kappa shape index (κ3) is 13.5. The Morgan fingerprint density at radius 2 is 1.23 bits per heavy atom. The van der Waals surface area contributed by atoms with Crippen LogP contribution in [0.15, 0.2) is 92.1 Å². The Kier molecular flexibility index (Phi) is 21.6. The first-order valence-corrected chi connectivity index (χ1v) is 28.7. The molecule has 78 heavy (non-hydrogen) atoms. The molecule has 4 aromatic rings. The maximum atomic E-state index is 14.5. The fourth-order valence-electron chi connectivity index (χ4n) is 9.91. The number of ether oxygens (including phenoxy) is 2. The number of nitrogens with zero attached hydrogens (tertiary/aromatic N) is 9. The number of alkyl halides is 1. The first-order chi connectivity index (χ1) is 37.3. The summed E-state index contributed by atoms with van der Waals surface area (Å²) < 4.78 is 39.1. The number of carbonyl (C=O) groups is 4. The Labute approximate surface area is 477 Å². The number of aliphatic hydroxyl groups is 2. The summed E-state index contributed by atoms with van der Waals surface area (Å²) in [4.78, 5) is 77.6. The van der Waals surface area contributed by atoms with Crippen LogP contribution in [0.3, 0.4) is 0 Å². The van der Waals surface area contributed by atoms with E-state index in [0.29, 0.717) is 101 Å². The number of aliphatic imine (C=N–C) groups is 2. The van der Waals surface area contributed by atoms with Gasteiger partial charge in [0.25, 0.3) is 0 Å². The van der Waals surface area contributed by atoms with Crippen LogP contribution in [0.4, 0.5) is 18.4 Å². The van der Waals surface area contributed by atoms with Gasteiger partial charge < -0.3 is 57.3 Å². The molecular formula is C52H61BrCl2F2N11O8S2-. The number of allylic oxidation sites excluding steroid dienone is 1. The average molecular weight is 1220 g/mol. The number of piperazine rings is 1. The lowest BCUT2D eigenvalue weighted by Crippen LogP contribution is -2.53.